The molecule has 0 spiro atoms. The standard InChI is InChI=1S/C19H14F3N5/c1-12-24-15-7-2-3-8-16(15)27(12)17-9-10-23-18(26-17)25-14-6-4-5-13(11-14)19(20,21)22/h2-11H,1H3,(H,23,25,26). The smallest absolute Gasteiger partial charge is 0.324 e. The molecule has 0 amide bonds. The third kappa shape index (κ3) is 3.33. The Morgan fingerprint density at radius 2 is 1.78 bits per heavy atom. The van der Waals surface area contributed by atoms with Gasteiger partial charge in [0.15, 0.2) is 0 Å². The van der Waals surface area contributed by atoms with E-state index in [1.165, 1.54) is 12.1 Å². The van der Waals surface area contributed by atoms with Crippen LogP contribution in [0.1, 0.15) is 11.4 Å². The number of hydrogen-bond acceptors (Lipinski definition) is 4. The van der Waals surface area contributed by atoms with Crippen LogP contribution in [0.5, 0.6) is 0 Å². The van der Waals surface area contributed by atoms with Crippen LogP contribution in [0.25, 0.3) is 16.9 Å². The normalized spacial score (nSPS) is 11.7. The quantitative estimate of drug-likeness (QED) is 0.559. The third-order valence-electron chi connectivity index (χ3n) is 4.04. The number of nitrogens with one attached hydrogen (secondary N) is 1. The molecule has 1 N–H and O–H groups in total. The van der Waals surface area contributed by atoms with Crippen LogP contribution in [0.4, 0.5) is 24.8 Å². The maximum absolute atomic E-state index is 12.9. The number of aromatic nitrogens is 4. The number of para-hydroxylation sites is 2. The van der Waals surface area contributed by atoms with Crippen molar-refractivity contribution in [1.82, 2.24) is 19.5 Å². The predicted octanol–water partition coefficient (Wildman–Crippen LogP) is 4.89. The fourth-order valence-corrected chi connectivity index (χ4v) is 2.87. The zero-order valence-electron chi connectivity index (χ0n) is 14.2. The largest absolute Gasteiger partial charge is 0.416 e. The summed E-state index contributed by atoms with van der Waals surface area (Å²) >= 11 is 0. The number of nitrogens with zero attached hydrogens (tertiary/aromatic N) is 4. The summed E-state index contributed by atoms with van der Waals surface area (Å²) in [7, 11) is 0. The number of halogens is 3. The van der Waals surface area contributed by atoms with E-state index in [4.69, 9.17) is 0 Å². The van der Waals surface area contributed by atoms with Gasteiger partial charge < -0.3 is 5.32 Å². The molecule has 5 nitrogen and oxygen atoms in total. The SMILES string of the molecule is Cc1nc2ccccc2n1-c1ccnc(Nc2cccc(C(F)(F)F)c2)n1. The number of hydrogen-bond donors (Lipinski definition) is 1. The second kappa shape index (κ2) is 6.39. The molecule has 0 saturated heterocycles. The van der Waals surface area contributed by atoms with Gasteiger partial charge in [0, 0.05) is 11.9 Å². The molecule has 0 saturated carbocycles. The molecule has 0 radical (unpaired) electrons. The molecule has 27 heavy (non-hydrogen) atoms. The van der Waals surface area contributed by atoms with Crippen LogP contribution in [-0.4, -0.2) is 19.5 Å². The zero-order valence-corrected chi connectivity index (χ0v) is 14.2. The topological polar surface area (TPSA) is 55.6 Å². The number of rotatable bonds is 3. The summed E-state index contributed by atoms with van der Waals surface area (Å²) in [6.45, 7) is 1.86. The van der Waals surface area contributed by atoms with Crippen LogP contribution in [0.2, 0.25) is 0 Å². The van der Waals surface area contributed by atoms with Crippen LogP contribution < -0.4 is 5.32 Å². The van der Waals surface area contributed by atoms with Gasteiger partial charge in [0.25, 0.3) is 0 Å². The lowest BCUT2D eigenvalue weighted by Crippen LogP contribution is -2.07. The van der Waals surface area contributed by atoms with Gasteiger partial charge in [-0.05, 0) is 43.3 Å². The Bertz CT molecular complexity index is 1120. The highest BCUT2D eigenvalue weighted by Crippen LogP contribution is 2.31. The van der Waals surface area contributed by atoms with Crippen LogP contribution in [-0.2, 0) is 6.18 Å². The maximum atomic E-state index is 12.9. The average molecular weight is 369 g/mol. The fraction of sp³-hybridized carbons (Fsp3) is 0.105. The van der Waals surface area contributed by atoms with Gasteiger partial charge in [-0.15, -0.1) is 0 Å². The van der Waals surface area contributed by atoms with E-state index in [9.17, 15) is 13.2 Å². The highest BCUT2D eigenvalue weighted by Gasteiger charge is 2.30. The highest BCUT2D eigenvalue weighted by atomic mass is 19.4. The van der Waals surface area contributed by atoms with E-state index in [0.29, 0.717) is 5.82 Å². The lowest BCUT2D eigenvalue weighted by molar-refractivity contribution is -0.137. The summed E-state index contributed by atoms with van der Waals surface area (Å²) in [5.74, 6) is 1.52. The van der Waals surface area contributed by atoms with Crippen molar-refractivity contribution in [3.05, 3.63) is 72.2 Å². The Hall–Kier alpha value is -3.42. The number of fused-ring (bicyclic) bond motifs is 1. The second-order valence-electron chi connectivity index (χ2n) is 5.93. The molecule has 0 unspecified atom stereocenters. The molecule has 0 fully saturated rings. The van der Waals surface area contributed by atoms with Gasteiger partial charge >= 0.3 is 6.18 Å². The van der Waals surface area contributed by atoms with E-state index >= 15 is 0 Å². The summed E-state index contributed by atoms with van der Waals surface area (Å²) in [6.07, 6.45) is -2.86. The molecule has 8 heteroatoms. The van der Waals surface area contributed by atoms with E-state index in [0.717, 1.165) is 29.0 Å². The number of benzene rings is 2. The summed E-state index contributed by atoms with van der Waals surface area (Å²) in [4.78, 5) is 13.0. The molecule has 4 rings (SSSR count). The van der Waals surface area contributed by atoms with Crippen molar-refractivity contribution >= 4 is 22.7 Å². The summed E-state index contributed by atoms with van der Waals surface area (Å²) < 4.78 is 40.5. The first-order valence-corrected chi connectivity index (χ1v) is 8.13. The van der Waals surface area contributed by atoms with Crippen molar-refractivity contribution < 1.29 is 13.2 Å². The van der Waals surface area contributed by atoms with Crippen LogP contribution in [0.3, 0.4) is 0 Å². The monoisotopic (exact) mass is 369 g/mol. The van der Waals surface area contributed by atoms with Crippen molar-refractivity contribution in [3.63, 3.8) is 0 Å². The van der Waals surface area contributed by atoms with Gasteiger partial charge in [-0.1, -0.05) is 18.2 Å². The Labute approximate surface area is 152 Å². The van der Waals surface area contributed by atoms with Gasteiger partial charge in [0.05, 0.1) is 16.6 Å². The van der Waals surface area contributed by atoms with E-state index in [1.54, 1.807) is 12.3 Å². The van der Waals surface area contributed by atoms with E-state index in [2.05, 4.69) is 20.3 Å². The minimum Gasteiger partial charge on any atom is -0.324 e. The molecule has 0 aliphatic rings. The van der Waals surface area contributed by atoms with Gasteiger partial charge in [-0.25, -0.2) is 9.97 Å². The summed E-state index contributed by atoms with van der Waals surface area (Å²) in [5, 5.41) is 2.83. The fourth-order valence-electron chi connectivity index (χ4n) is 2.87. The van der Waals surface area contributed by atoms with Crippen molar-refractivity contribution in [3.8, 4) is 5.82 Å². The first kappa shape index (κ1) is 17.0. The van der Waals surface area contributed by atoms with Crippen LogP contribution in [0, 0.1) is 6.92 Å². The van der Waals surface area contributed by atoms with Crippen LogP contribution >= 0.6 is 0 Å². The van der Waals surface area contributed by atoms with E-state index < -0.39 is 11.7 Å². The minimum atomic E-state index is -4.41. The average Bonchev–Trinajstić information content (AvgIpc) is 2.97. The lowest BCUT2D eigenvalue weighted by atomic mass is 10.2. The Morgan fingerprint density at radius 3 is 2.59 bits per heavy atom. The predicted molar refractivity (Wildman–Crippen MR) is 96.1 cm³/mol. The molecular weight excluding hydrogens is 355 g/mol. The van der Waals surface area contributed by atoms with Gasteiger partial charge in [-0.2, -0.15) is 18.2 Å². The van der Waals surface area contributed by atoms with Crippen LogP contribution in [0.15, 0.2) is 60.8 Å². The van der Waals surface area contributed by atoms with Gasteiger partial charge in [0.1, 0.15) is 11.6 Å². The van der Waals surface area contributed by atoms with Crippen molar-refractivity contribution in [2.24, 2.45) is 0 Å². The number of anilines is 2. The molecule has 0 aliphatic heterocycles. The van der Waals surface area contributed by atoms with Crippen molar-refractivity contribution in [2.75, 3.05) is 5.32 Å². The third-order valence-corrected chi connectivity index (χ3v) is 4.04. The minimum absolute atomic E-state index is 0.198. The number of alkyl halides is 3. The molecular formula is C19H14F3N5. The molecule has 2 heterocycles. The van der Waals surface area contributed by atoms with Gasteiger partial charge in [0.2, 0.25) is 5.95 Å². The molecule has 0 atom stereocenters. The number of aryl methyl sites for hydroxylation is 1. The first-order valence-electron chi connectivity index (χ1n) is 8.13. The molecule has 2 aromatic carbocycles. The van der Waals surface area contributed by atoms with Crippen molar-refractivity contribution in [1.29, 1.82) is 0 Å². The highest BCUT2D eigenvalue weighted by molar-refractivity contribution is 5.77. The zero-order chi connectivity index (χ0) is 19.0. The second-order valence-corrected chi connectivity index (χ2v) is 5.93. The first-order chi connectivity index (χ1) is 12.9. The Balaban J connectivity index is 1.70. The molecule has 0 aliphatic carbocycles. The van der Waals surface area contributed by atoms with E-state index in [-0.39, 0.29) is 11.6 Å². The van der Waals surface area contributed by atoms with Gasteiger partial charge in [-0.3, -0.25) is 4.57 Å². The van der Waals surface area contributed by atoms with Crippen molar-refractivity contribution in [2.45, 2.75) is 13.1 Å². The summed E-state index contributed by atoms with van der Waals surface area (Å²) in [6, 6.07) is 14.3. The Morgan fingerprint density at radius 1 is 0.963 bits per heavy atom. The molecule has 2 aromatic heterocycles. The number of imidazole rings is 1. The maximum Gasteiger partial charge on any atom is 0.416 e. The van der Waals surface area contributed by atoms with E-state index in [1.807, 2.05) is 35.8 Å². The Kier molecular flexibility index (Phi) is 4.02. The molecule has 4 aromatic rings. The summed E-state index contributed by atoms with van der Waals surface area (Å²) in [5.41, 5.74) is 1.24. The molecule has 136 valence electrons. The lowest BCUT2D eigenvalue weighted by Gasteiger charge is -2.11. The molecule has 0 bridgehead atoms.